The van der Waals surface area contributed by atoms with Crippen molar-refractivity contribution in [1.29, 1.82) is 0 Å². The quantitative estimate of drug-likeness (QED) is 0.844. The summed E-state index contributed by atoms with van der Waals surface area (Å²) in [5, 5.41) is 8.79. The van der Waals surface area contributed by atoms with E-state index < -0.39 is 11.1 Å². The van der Waals surface area contributed by atoms with E-state index in [1.54, 1.807) is 24.8 Å². The highest BCUT2D eigenvalue weighted by Crippen LogP contribution is 2.27. The predicted molar refractivity (Wildman–Crippen MR) is 82.6 cm³/mol. The second-order valence-corrected chi connectivity index (χ2v) is 5.19. The first-order chi connectivity index (χ1) is 8.42. The van der Waals surface area contributed by atoms with E-state index in [0.717, 1.165) is 11.6 Å². The zero-order valence-corrected chi connectivity index (χ0v) is 13.5. The van der Waals surface area contributed by atoms with E-state index in [0.29, 0.717) is 0 Å². The Labute approximate surface area is 130 Å². The molecule has 8 heteroatoms. The molecule has 0 spiro atoms. The van der Waals surface area contributed by atoms with Crippen molar-refractivity contribution in [1.82, 2.24) is 19.9 Å². The third-order valence-electron chi connectivity index (χ3n) is 2.71. The molecule has 0 atom stereocenters. The highest BCUT2D eigenvalue weighted by molar-refractivity contribution is 5.85. The fourth-order valence-corrected chi connectivity index (χ4v) is 1.54. The molecule has 0 saturated heterocycles. The zero-order valence-electron chi connectivity index (χ0n) is 11.9. The molecule has 0 aliphatic carbocycles. The lowest BCUT2D eigenvalue weighted by molar-refractivity contribution is 0.415. The topological polar surface area (TPSA) is 82.1 Å². The Morgan fingerprint density at radius 3 is 1.40 bits per heavy atom. The Hall–Kier alpha value is -1.40. The van der Waals surface area contributed by atoms with Crippen LogP contribution in [0, 0.1) is 0 Å². The minimum Gasteiger partial charge on any atom is -0.347 e. The van der Waals surface area contributed by atoms with E-state index in [4.69, 9.17) is 0 Å². The van der Waals surface area contributed by atoms with Crippen LogP contribution in [0.1, 0.15) is 39.3 Å². The molecule has 2 aromatic rings. The average Bonchev–Trinajstić information content (AvgIpc) is 2.99. The van der Waals surface area contributed by atoms with Crippen molar-refractivity contribution in [3.63, 3.8) is 0 Å². The van der Waals surface area contributed by atoms with E-state index >= 15 is 0 Å². The van der Waals surface area contributed by atoms with Crippen LogP contribution in [0.2, 0.25) is 0 Å². The molecule has 112 valence electrons. The Morgan fingerprint density at radius 2 is 1.15 bits per heavy atom. The van der Waals surface area contributed by atoms with Crippen LogP contribution in [0.4, 0.5) is 0 Å². The highest BCUT2D eigenvalue weighted by atomic mass is 35.5. The number of rotatable bonds is 4. The number of imidazole rings is 2. The molecule has 0 bridgehead atoms. The Bertz CT molecular complexity index is 468. The molecule has 0 saturated carbocycles. The predicted octanol–water partition coefficient (Wildman–Crippen LogP) is 3.60. The average molecular weight is 319 g/mol. The monoisotopic (exact) mass is 318 g/mol. The summed E-state index contributed by atoms with van der Waals surface area (Å²) in [6.07, 6.45) is 6.99. The lowest BCUT2D eigenvalue weighted by atomic mass is 10.1. The number of nitrogens with one attached hydrogen (secondary N) is 2. The van der Waals surface area contributed by atoms with Gasteiger partial charge in [0.15, 0.2) is 0 Å². The molecule has 0 radical (unpaired) electrons. The van der Waals surface area contributed by atoms with Crippen LogP contribution in [-0.2, 0) is 11.1 Å². The van der Waals surface area contributed by atoms with Crippen LogP contribution < -0.4 is 0 Å². The molecule has 0 amide bonds. The van der Waals surface area contributed by atoms with Crippen molar-refractivity contribution >= 4 is 24.8 Å². The third kappa shape index (κ3) is 4.05. The summed E-state index contributed by atoms with van der Waals surface area (Å²) in [5.74, 6) is 1.59. The summed E-state index contributed by atoms with van der Waals surface area (Å²) < 4.78 is 0. The second kappa shape index (κ2) is 6.85. The molecule has 0 aliphatic heterocycles. The van der Waals surface area contributed by atoms with Gasteiger partial charge in [-0.1, -0.05) is 0 Å². The van der Waals surface area contributed by atoms with Crippen molar-refractivity contribution in [3.05, 3.63) is 36.4 Å². The fraction of sp³-hybridized carbons (Fsp3) is 0.500. The molecule has 0 fully saturated rings. The van der Waals surface area contributed by atoms with Crippen molar-refractivity contribution < 1.29 is 0 Å². The van der Waals surface area contributed by atoms with Gasteiger partial charge in [0.05, 0.1) is 0 Å². The van der Waals surface area contributed by atoms with Crippen molar-refractivity contribution in [3.8, 4) is 0 Å². The minimum atomic E-state index is -0.479. The number of hydrogen-bond acceptors (Lipinski definition) is 4. The summed E-state index contributed by atoms with van der Waals surface area (Å²) in [5.41, 5.74) is -0.958. The number of H-pyrrole nitrogens is 2. The van der Waals surface area contributed by atoms with Gasteiger partial charge >= 0.3 is 0 Å². The van der Waals surface area contributed by atoms with E-state index in [1.165, 1.54) is 0 Å². The first kappa shape index (κ1) is 18.6. The molecule has 2 rings (SSSR count). The van der Waals surface area contributed by atoms with Gasteiger partial charge in [-0.25, -0.2) is 9.97 Å². The van der Waals surface area contributed by atoms with Crippen LogP contribution in [0.3, 0.4) is 0 Å². The molecule has 0 aromatic carbocycles. The van der Waals surface area contributed by atoms with Gasteiger partial charge in [-0.15, -0.1) is 24.8 Å². The summed E-state index contributed by atoms with van der Waals surface area (Å²) in [4.78, 5) is 14.6. The molecule has 0 unspecified atom stereocenters. The van der Waals surface area contributed by atoms with Gasteiger partial charge in [-0.2, -0.15) is 10.2 Å². The van der Waals surface area contributed by atoms with E-state index in [1.807, 2.05) is 27.7 Å². The number of aromatic amines is 2. The first-order valence-corrected chi connectivity index (χ1v) is 5.85. The van der Waals surface area contributed by atoms with E-state index in [-0.39, 0.29) is 24.8 Å². The molecular formula is C12H20Cl2N6. The first-order valence-electron chi connectivity index (χ1n) is 5.85. The normalized spacial score (nSPS) is 12.0. The van der Waals surface area contributed by atoms with Crippen LogP contribution in [0.25, 0.3) is 0 Å². The maximum atomic E-state index is 4.40. The summed E-state index contributed by atoms with van der Waals surface area (Å²) in [6, 6.07) is 0. The van der Waals surface area contributed by atoms with Gasteiger partial charge < -0.3 is 9.97 Å². The minimum absolute atomic E-state index is 0. The van der Waals surface area contributed by atoms with Crippen molar-refractivity contribution in [2.75, 3.05) is 0 Å². The number of azo groups is 1. The van der Waals surface area contributed by atoms with Crippen LogP contribution in [-0.4, -0.2) is 19.9 Å². The molecule has 2 N–H and O–H groups in total. The Balaban J connectivity index is 0.00000180. The van der Waals surface area contributed by atoms with Crippen LogP contribution in [0.15, 0.2) is 35.0 Å². The molecule has 2 heterocycles. The smallest absolute Gasteiger partial charge is 0.135 e. The van der Waals surface area contributed by atoms with Gasteiger partial charge in [0.2, 0.25) is 0 Å². The molecule has 2 aromatic heterocycles. The Morgan fingerprint density at radius 1 is 0.800 bits per heavy atom. The summed E-state index contributed by atoms with van der Waals surface area (Å²) >= 11 is 0. The SMILES string of the molecule is CC(C)(/N=N/C(C)(C)c1ncc[nH]1)c1ncc[nH]1.Cl.Cl. The maximum Gasteiger partial charge on any atom is 0.135 e. The molecular weight excluding hydrogens is 299 g/mol. The van der Waals surface area contributed by atoms with Gasteiger partial charge in [0.25, 0.3) is 0 Å². The second-order valence-electron chi connectivity index (χ2n) is 5.19. The largest absolute Gasteiger partial charge is 0.347 e. The van der Waals surface area contributed by atoms with Crippen LogP contribution in [0.5, 0.6) is 0 Å². The van der Waals surface area contributed by atoms with Crippen molar-refractivity contribution in [2.45, 2.75) is 38.8 Å². The van der Waals surface area contributed by atoms with Crippen LogP contribution >= 0.6 is 24.8 Å². The standard InChI is InChI=1S/C12H18N6.2ClH/c1-11(2,9-13-5-6-14-9)17-18-12(3,4)10-15-7-8-16-10;;/h5-8H,1-4H3,(H,13,14)(H,15,16);2*1H/b18-17+;;. The summed E-state index contributed by atoms with van der Waals surface area (Å²) in [6.45, 7) is 7.86. The number of hydrogen-bond donors (Lipinski definition) is 2. The lowest BCUT2D eigenvalue weighted by Gasteiger charge is -2.20. The van der Waals surface area contributed by atoms with Gasteiger partial charge in [0.1, 0.15) is 22.7 Å². The summed E-state index contributed by atoms with van der Waals surface area (Å²) in [7, 11) is 0. The van der Waals surface area contributed by atoms with Gasteiger partial charge in [-0.3, -0.25) is 0 Å². The molecule has 6 nitrogen and oxygen atoms in total. The molecule has 0 aliphatic rings. The van der Waals surface area contributed by atoms with Gasteiger partial charge in [-0.05, 0) is 27.7 Å². The third-order valence-corrected chi connectivity index (χ3v) is 2.71. The van der Waals surface area contributed by atoms with Crippen molar-refractivity contribution in [2.24, 2.45) is 10.2 Å². The number of aromatic nitrogens is 4. The van der Waals surface area contributed by atoms with Gasteiger partial charge in [0, 0.05) is 24.8 Å². The van der Waals surface area contributed by atoms with E-state index in [2.05, 4.69) is 30.2 Å². The lowest BCUT2D eigenvalue weighted by Crippen LogP contribution is -2.20. The van der Waals surface area contributed by atoms with E-state index in [9.17, 15) is 0 Å². The maximum absolute atomic E-state index is 4.40. The fourth-order valence-electron chi connectivity index (χ4n) is 1.54. The number of nitrogens with zero attached hydrogens (tertiary/aromatic N) is 4. The zero-order chi connectivity index (χ0) is 13.2. The highest BCUT2D eigenvalue weighted by Gasteiger charge is 2.27. The Kier molecular flexibility index (Phi) is 6.37. The number of halogens is 2. The molecule has 20 heavy (non-hydrogen) atoms.